The summed E-state index contributed by atoms with van der Waals surface area (Å²) >= 11 is 0. The van der Waals surface area contributed by atoms with Crippen LogP contribution in [-0.2, 0) is 4.79 Å². The van der Waals surface area contributed by atoms with Crippen molar-refractivity contribution in [1.29, 1.82) is 0 Å². The predicted molar refractivity (Wildman–Crippen MR) is 86.8 cm³/mol. The number of carbonyl (C=O) groups excluding carboxylic acids is 1. The number of likely N-dealkylation sites (tertiary alicyclic amines) is 1. The summed E-state index contributed by atoms with van der Waals surface area (Å²) in [5.41, 5.74) is 2.46. The van der Waals surface area contributed by atoms with Gasteiger partial charge in [0.15, 0.2) is 6.61 Å². The number of benzene rings is 2. The van der Waals surface area contributed by atoms with Gasteiger partial charge in [-0.15, -0.1) is 0 Å². The van der Waals surface area contributed by atoms with Gasteiger partial charge in [0.1, 0.15) is 5.75 Å². The van der Waals surface area contributed by atoms with E-state index in [1.807, 2.05) is 35.2 Å². The van der Waals surface area contributed by atoms with Crippen LogP contribution in [0.25, 0.3) is 0 Å². The van der Waals surface area contributed by atoms with Crippen LogP contribution in [0.5, 0.6) is 5.75 Å². The fourth-order valence-electron chi connectivity index (χ4n) is 2.95. The molecule has 0 saturated carbocycles. The number of nitrogens with zero attached hydrogens (tertiary/aromatic N) is 1. The van der Waals surface area contributed by atoms with Crippen molar-refractivity contribution >= 4 is 5.91 Å². The highest BCUT2D eigenvalue weighted by atomic mass is 16.5. The largest absolute Gasteiger partial charge is 0.484 e. The van der Waals surface area contributed by atoms with Crippen molar-refractivity contribution in [2.75, 3.05) is 13.2 Å². The Morgan fingerprint density at radius 1 is 1.14 bits per heavy atom. The summed E-state index contributed by atoms with van der Waals surface area (Å²) in [7, 11) is 0. The molecule has 1 fully saturated rings. The summed E-state index contributed by atoms with van der Waals surface area (Å²) in [6, 6.07) is 18.1. The number of ether oxygens (including phenoxy) is 1. The van der Waals surface area contributed by atoms with E-state index in [0.717, 1.165) is 25.1 Å². The lowest BCUT2D eigenvalue weighted by Crippen LogP contribution is -2.34. The van der Waals surface area contributed by atoms with Crippen LogP contribution in [0.1, 0.15) is 30.0 Å². The fourth-order valence-corrected chi connectivity index (χ4v) is 2.95. The van der Waals surface area contributed by atoms with Crippen LogP contribution in [0.2, 0.25) is 0 Å². The smallest absolute Gasteiger partial charge is 0.261 e. The standard InChI is InChI=1S/C19H21NO2/c1-15-9-11-16(12-10-15)18-8-5-13-20(18)19(21)14-22-17-6-3-2-4-7-17/h2-4,6-7,9-12,18H,5,8,13-14H2,1H3. The first-order chi connectivity index (χ1) is 10.7. The van der Waals surface area contributed by atoms with Gasteiger partial charge in [-0.25, -0.2) is 0 Å². The molecule has 0 aromatic heterocycles. The minimum atomic E-state index is 0.0620. The van der Waals surface area contributed by atoms with Gasteiger partial charge >= 0.3 is 0 Å². The molecule has 2 aromatic rings. The summed E-state index contributed by atoms with van der Waals surface area (Å²) < 4.78 is 5.59. The third-order valence-electron chi connectivity index (χ3n) is 4.14. The zero-order valence-corrected chi connectivity index (χ0v) is 12.9. The second-order valence-electron chi connectivity index (χ2n) is 5.76. The zero-order valence-electron chi connectivity index (χ0n) is 12.9. The third kappa shape index (κ3) is 3.30. The average Bonchev–Trinajstić information content (AvgIpc) is 3.04. The normalized spacial score (nSPS) is 17.5. The molecule has 1 amide bonds. The molecule has 1 unspecified atom stereocenters. The van der Waals surface area contributed by atoms with E-state index in [4.69, 9.17) is 4.74 Å². The van der Waals surface area contributed by atoms with E-state index in [9.17, 15) is 4.79 Å². The summed E-state index contributed by atoms with van der Waals surface area (Å²) in [4.78, 5) is 14.4. The van der Waals surface area contributed by atoms with Crippen LogP contribution in [0.3, 0.4) is 0 Å². The van der Waals surface area contributed by atoms with Crippen LogP contribution in [0.15, 0.2) is 54.6 Å². The molecule has 2 aromatic carbocycles. The first-order valence-electron chi connectivity index (χ1n) is 7.78. The minimum Gasteiger partial charge on any atom is -0.484 e. The van der Waals surface area contributed by atoms with Gasteiger partial charge in [-0.2, -0.15) is 0 Å². The Kier molecular flexibility index (Phi) is 4.42. The Morgan fingerprint density at radius 3 is 2.59 bits per heavy atom. The minimum absolute atomic E-state index is 0.0620. The van der Waals surface area contributed by atoms with Crippen molar-refractivity contribution in [3.8, 4) is 5.75 Å². The molecule has 22 heavy (non-hydrogen) atoms. The Hall–Kier alpha value is -2.29. The Morgan fingerprint density at radius 2 is 1.86 bits per heavy atom. The van der Waals surface area contributed by atoms with E-state index in [1.165, 1.54) is 11.1 Å². The Bertz CT molecular complexity index is 622. The average molecular weight is 295 g/mol. The summed E-state index contributed by atoms with van der Waals surface area (Å²) in [6.45, 7) is 3.00. The van der Waals surface area contributed by atoms with Crippen LogP contribution in [0, 0.1) is 6.92 Å². The van der Waals surface area contributed by atoms with Crippen molar-refractivity contribution in [2.24, 2.45) is 0 Å². The molecular formula is C19H21NO2. The Labute approximate surface area is 131 Å². The number of rotatable bonds is 4. The summed E-state index contributed by atoms with van der Waals surface area (Å²) in [5.74, 6) is 0.800. The highest BCUT2D eigenvalue weighted by Crippen LogP contribution is 2.32. The van der Waals surface area contributed by atoms with Gasteiger partial charge < -0.3 is 9.64 Å². The predicted octanol–water partition coefficient (Wildman–Crippen LogP) is 3.74. The molecule has 114 valence electrons. The molecule has 3 nitrogen and oxygen atoms in total. The summed E-state index contributed by atoms with van der Waals surface area (Å²) in [5, 5.41) is 0. The van der Waals surface area contributed by atoms with E-state index in [0.29, 0.717) is 0 Å². The van der Waals surface area contributed by atoms with Crippen LogP contribution in [-0.4, -0.2) is 24.0 Å². The lowest BCUT2D eigenvalue weighted by Gasteiger charge is -2.25. The molecule has 1 aliphatic rings. The fraction of sp³-hybridized carbons (Fsp3) is 0.316. The molecule has 1 atom stereocenters. The van der Waals surface area contributed by atoms with Gasteiger partial charge in [0.05, 0.1) is 6.04 Å². The maximum Gasteiger partial charge on any atom is 0.261 e. The number of hydrogen-bond donors (Lipinski definition) is 0. The van der Waals surface area contributed by atoms with E-state index >= 15 is 0 Å². The molecule has 3 heteroatoms. The van der Waals surface area contributed by atoms with Crippen molar-refractivity contribution in [2.45, 2.75) is 25.8 Å². The number of amides is 1. The number of hydrogen-bond acceptors (Lipinski definition) is 2. The van der Waals surface area contributed by atoms with Crippen molar-refractivity contribution in [3.63, 3.8) is 0 Å². The first kappa shape index (κ1) is 14.6. The second-order valence-corrected chi connectivity index (χ2v) is 5.76. The van der Waals surface area contributed by atoms with Crippen LogP contribution < -0.4 is 4.74 Å². The maximum atomic E-state index is 12.5. The highest BCUT2D eigenvalue weighted by molar-refractivity contribution is 5.78. The van der Waals surface area contributed by atoms with Crippen molar-refractivity contribution in [1.82, 2.24) is 4.90 Å². The van der Waals surface area contributed by atoms with Gasteiger partial charge in [0.25, 0.3) is 5.91 Å². The molecule has 1 saturated heterocycles. The molecule has 0 spiro atoms. The SMILES string of the molecule is Cc1ccc(C2CCCN2C(=O)COc2ccccc2)cc1. The van der Waals surface area contributed by atoms with Gasteiger partial charge in [-0.3, -0.25) is 4.79 Å². The van der Waals surface area contributed by atoms with E-state index in [1.54, 1.807) is 0 Å². The third-order valence-corrected chi connectivity index (χ3v) is 4.14. The molecule has 1 heterocycles. The molecule has 0 bridgehead atoms. The van der Waals surface area contributed by atoms with Gasteiger partial charge in [0.2, 0.25) is 0 Å². The van der Waals surface area contributed by atoms with Crippen molar-refractivity contribution in [3.05, 3.63) is 65.7 Å². The molecule has 0 radical (unpaired) electrons. The molecule has 1 aliphatic heterocycles. The number of carbonyl (C=O) groups is 1. The topological polar surface area (TPSA) is 29.5 Å². The molecular weight excluding hydrogens is 274 g/mol. The van der Waals surface area contributed by atoms with Gasteiger partial charge in [0, 0.05) is 6.54 Å². The van der Waals surface area contributed by atoms with Crippen molar-refractivity contribution < 1.29 is 9.53 Å². The zero-order chi connectivity index (χ0) is 15.4. The number of para-hydroxylation sites is 1. The molecule has 0 N–H and O–H groups in total. The lowest BCUT2D eigenvalue weighted by atomic mass is 10.0. The maximum absolute atomic E-state index is 12.5. The van der Waals surface area contributed by atoms with Gasteiger partial charge in [-0.05, 0) is 37.5 Å². The lowest BCUT2D eigenvalue weighted by molar-refractivity contribution is -0.134. The van der Waals surface area contributed by atoms with E-state index in [-0.39, 0.29) is 18.6 Å². The molecule has 3 rings (SSSR count). The quantitative estimate of drug-likeness (QED) is 0.860. The molecule has 0 aliphatic carbocycles. The van der Waals surface area contributed by atoms with E-state index in [2.05, 4.69) is 31.2 Å². The van der Waals surface area contributed by atoms with E-state index < -0.39 is 0 Å². The number of aryl methyl sites for hydroxylation is 1. The Balaban J connectivity index is 1.65. The van der Waals surface area contributed by atoms with Gasteiger partial charge in [-0.1, -0.05) is 48.0 Å². The highest BCUT2D eigenvalue weighted by Gasteiger charge is 2.29. The van der Waals surface area contributed by atoms with Crippen LogP contribution in [0.4, 0.5) is 0 Å². The monoisotopic (exact) mass is 295 g/mol. The second kappa shape index (κ2) is 6.65. The first-order valence-corrected chi connectivity index (χ1v) is 7.78. The van der Waals surface area contributed by atoms with Crippen LogP contribution >= 0.6 is 0 Å². The summed E-state index contributed by atoms with van der Waals surface area (Å²) in [6.07, 6.45) is 2.08.